The highest BCUT2D eigenvalue weighted by Crippen LogP contribution is 2.19. The predicted octanol–water partition coefficient (Wildman–Crippen LogP) is 1.32. The molecule has 1 atom stereocenters. The fraction of sp³-hybridized carbons (Fsp3) is 0.438. The minimum absolute atomic E-state index is 0.326. The molecule has 0 bridgehead atoms. The van der Waals surface area contributed by atoms with E-state index in [0.29, 0.717) is 18.7 Å². The van der Waals surface area contributed by atoms with Gasteiger partial charge in [0.1, 0.15) is 0 Å². The molecule has 1 aliphatic heterocycles. The number of rotatable bonds is 5. The molecule has 0 aliphatic carbocycles. The summed E-state index contributed by atoms with van der Waals surface area (Å²) in [6.07, 6.45) is -0.505. The van der Waals surface area contributed by atoms with E-state index in [1.54, 1.807) is 0 Å². The Morgan fingerprint density at radius 3 is 2.64 bits per heavy atom. The van der Waals surface area contributed by atoms with E-state index in [-0.39, 0.29) is 5.56 Å². The zero-order chi connectivity index (χ0) is 15.4. The first-order valence-corrected chi connectivity index (χ1v) is 7.50. The minimum atomic E-state index is -0.951. The molecule has 2 heterocycles. The van der Waals surface area contributed by atoms with Gasteiger partial charge in [-0.05, 0) is 0 Å². The highest BCUT2D eigenvalue weighted by molar-refractivity contribution is 5.55. The van der Waals surface area contributed by atoms with Crippen LogP contribution in [0, 0.1) is 0 Å². The van der Waals surface area contributed by atoms with E-state index in [9.17, 15) is 9.90 Å². The average molecular weight is 304 g/mol. The van der Waals surface area contributed by atoms with Crippen LogP contribution in [0.25, 0.3) is 11.3 Å². The van der Waals surface area contributed by atoms with Crippen molar-refractivity contribution in [3.63, 3.8) is 0 Å². The van der Waals surface area contributed by atoms with E-state index in [1.807, 2.05) is 30.3 Å². The maximum absolute atomic E-state index is 12.0. The summed E-state index contributed by atoms with van der Waals surface area (Å²) < 4.78 is 11.8. The molecular formula is C16H20N2O4. The van der Waals surface area contributed by atoms with Crippen LogP contribution in [0.5, 0.6) is 0 Å². The number of morpholine rings is 1. The van der Waals surface area contributed by atoms with Crippen LogP contribution in [-0.2, 0) is 4.74 Å². The highest BCUT2D eigenvalue weighted by atomic mass is 16.5. The van der Waals surface area contributed by atoms with E-state index in [4.69, 9.17) is 9.26 Å². The van der Waals surface area contributed by atoms with Crippen LogP contribution in [0.3, 0.4) is 0 Å². The van der Waals surface area contributed by atoms with Crippen molar-refractivity contribution in [3.05, 3.63) is 46.8 Å². The number of ether oxygens (including phenoxy) is 1. The third-order valence-corrected chi connectivity index (χ3v) is 3.80. The summed E-state index contributed by atoms with van der Waals surface area (Å²) >= 11 is 0. The molecule has 1 fully saturated rings. The van der Waals surface area contributed by atoms with Crippen molar-refractivity contribution in [1.82, 2.24) is 9.64 Å². The van der Waals surface area contributed by atoms with Crippen molar-refractivity contribution >= 4 is 0 Å². The van der Waals surface area contributed by atoms with E-state index < -0.39 is 6.23 Å². The van der Waals surface area contributed by atoms with Gasteiger partial charge in [0.05, 0.1) is 19.3 Å². The molecule has 1 aliphatic rings. The monoisotopic (exact) mass is 304 g/mol. The Kier molecular flexibility index (Phi) is 4.72. The van der Waals surface area contributed by atoms with Gasteiger partial charge >= 0.3 is 0 Å². The zero-order valence-corrected chi connectivity index (χ0v) is 12.4. The molecule has 1 unspecified atom stereocenters. The molecule has 6 heteroatoms. The summed E-state index contributed by atoms with van der Waals surface area (Å²) in [5.41, 5.74) is 0.493. The first kappa shape index (κ1) is 15.0. The second-order valence-electron chi connectivity index (χ2n) is 5.35. The maximum atomic E-state index is 12.0. The van der Waals surface area contributed by atoms with Gasteiger partial charge in [-0.15, -0.1) is 4.74 Å². The Morgan fingerprint density at radius 2 is 1.91 bits per heavy atom. The molecule has 118 valence electrons. The second kappa shape index (κ2) is 6.91. The molecule has 3 rings (SSSR count). The van der Waals surface area contributed by atoms with Gasteiger partial charge in [0.2, 0.25) is 0 Å². The molecule has 0 amide bonds. The molecular weight excluding hydrogens is 284 g/mol. The lowest BCUT2D eigenvalue weighted by Gasteiger charge is -2.27. The Morgan fingerprint density at radius 1 is 1.18 bits per heavy atom. The van der Waals surface area contributed by atoms with Gasteiger partial charge in [0.25, 0.3) is 5.56 Å². The molecule has 0 radical (unpaired) electrons. The molecule has 0 spiro atoms. The summed E-state index contributed by atoms with van der Waals surface area (Å²) in [6, 6.07) is 10.8. The van der Waals surface area contributed by atoms with Crippen molar-refractivity contribution in [3.8, 4) is 11.3 Å². The van der Waals surface area contributed by atoms with Gasteiger partial charge < -0.3 is 14.4 Å². The third-order valence-electron chi connectivity index (χ3n) is 3.80. The van der Waals surface area contributed by atoms with Gasteiger partial charge in [0, 0.05) is 31.6 Å². The summed E-state index contributed by atoms with van der Waals surface area (Å²) in [5.74, 6) is 0.469. The number of aliphatic hydroxyl groups is 1. The van der Waals surface area contributed by atoms with Crippen LogP contribution in [0.15, 0.2) is 45.7 Å². The van der Waals surface area contributed by atoms with Gasteiger partial charge in [-0.3, -0.25) is 9.69 Å². The summed E-state index contributed by atoms with van der Waals surface area (Å²) in [4.78, 5) is 14.2. The Hall–Kier alpha value is -1.89. The maximum Gasteiger partial charge on any atom is 0.285 e. The molecule has 0 saturated carbocycles. The van der Waals surface area contributed by atoms with Crippen LogP contribution in [0.2, 0.25) is 0 Å². The molecule has 1 aromatic carbocycles. The molecule has 2 aromatic rings. The number of aliphatic hydroxyl groups excluding tert-OH is 1. The molecule has 6 nitrogen and oxygen atoms in total. The van der Waals surface area contributed by atoms with Gasteiger partial charge in [-0.2, -0.15) is 0 Å². The Bertz CT molecular complexity index is 644. The second-order valence-corrected chi connectivity index (χ2v) is 5.35. The summed E-state index contributed by atoms with van der Waals surface area (Å²) in [5, 5.41) is 10.2. The lowest BCUT2D eigenvalue weighted by Crippen LogP contribution is -2.38. The van der Waals surface area contributed by atoms with Crippen molar-refractivity contribution < 1.29 is 14.4 Å². The van der Waals surface area contributed by atoms with Crippen molar-refractivity contribution in [2.75, 3.05) is 32.8 Å². The summed E-state index contributed by atoms with van der Waals surface area (Å²) in [6.45, 7) is 3.85. The Labute approximate surface area is 128 Å². The number of hydrogen-bond acceptors (Lipinski definition) is 5. The van der Waals surface area contributed by atoms with Gasteiger partial charge in [-0.1, -0.05) is 30.3 Å². The minimum Gasteiger partial charge on any atom is -0.379 e. The largest absolute Gasteiger partial charge is 0.379 e. The van der Waals surface area contributed by atoms with Crippen molar-refractivity contribution in [2.24, 2.45) is 0 Å². The van der Waals surface area contributed by atoms with Crippen LogP contribution < -0.4 is 5.56 Å². The summed E-state index contributed by atoms with van der Waals surface area (Å²) in [7, 11) is 0. The van der Waals surface area contributed by atoms with E-state index in [1.165, 1.54) is 6.07 Å². The number of aromatic nitrogens is 1. The number of benzene rings is 1. The van der Waals surface area contributed by atoms with E-state index in [0.717, 1.165) is 36.6 Å². The van der Waals surface area contributed by atoms with Crippen LogP contribution in [0.4, 0.5) is 0 Å². The van der Waals surface area contributed by atoms with Crippen molar-refractivity contribution in [1.29, 1.82) is 0 Å². The number of nitrogens with zero attached hydrogens (tertiary/aromatic N) is 2. The van der Waals surface area contributed by atoms with Crippen LogP contribution >= 0.6 is 0 Å². The van der Waals surface area contributed by atoms with Crippen molar-refractivity contribution in [2.45, 2.75) is 12.6 Å². The molecule has 1 N–H and O–H groups in total. The average Bonchev–Trinajstić information content (AvgIpc) is 2.96. The zero-order valence-electron chi connectivity index (χ0n) is 12.4. The predicted molar refractivity (Wildman–Crippen MR) is 81.5 cm³/mol. The highest BCUT2D eigenvalue weighted by Gasteiger charge is 2.17. The molecule has 1 saturated heterocycles. The first-order chi connectivity index (χ1) is 10.7. The van der Waals surface area contributed by atoms with E-state index >= 15 is 0 Å². The SMILES string of the molecule is O=c1cc(-c2ccccc2)on1C(O)CCN1CCOCC1. The fourth-order valence-corrected chi connectivity index (χ4v) is 2.54. The fourth-order valence-electron chi connectivity index (χ4n) is 2.54. The van der Waals surface area contributed by atoms with Crippen LogP contribution in [0.1, 0.15) is 12.6 Å². The number of hydrogen-bond donors (Lipinski definition) is 1. The van der Waals surface area contributed by atoms with Gasteiger partial charge in [-0.25, -0.2) is 0 Å². The topological polar surface area (TPSA) is 67.8 Å². The lowest BCUT2D eigenvalue weighted by atomic mass is 10.2. The van der Waals surface area contributed by atoms with Gasteiger partial charge in [0.15, 0.2) is 12.0 Å². The lowest BCUT2D eigenvalue weighted by molar-refractivity contribution is -0.00679. The smallest absolute Gasteiger partial charge is 0.285 e. The van der Waals surface area contributed by atoms with E-state index in [2.05, 4.69) is 4.90 Å². The quantitative estimate of drug-likeness (QED) is 0.902. The Balaban J connectivity index is 1.66. The molecule has 1 aromatic heterocycles. The standard InChI is InChI=1S/C16H20N2O4/c19-15(6-7-17-8-10-21-11-9-17)18-16(20)12-14(22-18)13-4-2-1-3-5-13/h1-5,12,15,19H,6-11H2. The normalized spacial score (nSPS) is 17.5. The third kappa shape index (κ3) is 3.47. The van der Waals surface area contributed by atoms with Crippen LogP contribution in [-0.4, -0.2) is 47.6 Å². The molecule has 22 heavy (non-hydrogen) atoms. The first-order valence-electron chi connectivity index (χ1n) is 7.50.